The molecule has 1 heterocycles. The maximum absolute atomic E-state index is 7.99. The zero-order chi connectivity index (χ0) is 10.2. The summed E-state index contributed by atoms with van der Waals surface area (Å²) in [5, 5.41) is 4.00. The molecule has 0 unspecified atom stereocenters. The van der Waals surface area contributed by atoms with Crippen LogP contribution in [0.5, 0.6) is 0 Å². The second-order valence-electron chi connectivity index (χ2n) is 2.15. The van der Waals surface area contributed by atoms with Crippen LogP contribution in [-0.2, 0) is 0 Å². The van der Waals surface area contributed by atoms with Crippen molar-refractivity contribution in [2.75, 3.05) is 12.8 Å². The van der Waals surface area contributed by atoms with Crippen LogP contribution in [0.3, 0.4) is 0 Å². The Hall–Kier alpha value is -1.70. The van der Waals surface area contributed by atoms with Gasteiger partial charge in [-0.2, -0.15) is 0 Å². The molecule has 0 radical (unpaired) electrons. The molecular weight excluding hydrogens is 198 g/mol. The van der Waals surface area contributed by atoms with Crippen LogP contribution in [-0.4, -0.2) is 22.8 Å². The lowest BCUT2D eigenvalue weighted by molar-refractivity contribution is 0.964. The van der Waals surface area contributed by atoms with Crippen molar-refractivity contribution in [2.45, 2.75) is 5.16 Å². The van der Waals surface area contributed by atoms with Crippen LogP contribution in [0.1, 0.15) is 5.56 Å². The van der Waals surface area contributed by atoms with Gasteiger partial charge in [-0.25, -0.2) is 9.97 Å². The van der Waals surface area contributed by atoms with Gasteiger partial charge in [-0.15, -0.1) is 0 Å². The van der Waals surface area contributed by atoms with Gasteiger partial charge in [-0.3, -0.25) is 0 Å². The Labute approximate surface area is 85.6 Å². The molecule has 0 atom stereocenters. The van der Waals surface area contributed by atoms with Crippen LogP contribution < -0.4 is 0 Å². The standard InChI is InChI=1S/C8H7N5S/c1-14-8-10-5-7(6-11-8)3-2-4-12-13-9/h5-6H,4H2,1H3. The van der Waals surface area contributed by atoms with Gasteiger partial charge in [0.05, 0.1) is 12.1 Å². The first-order chi connectivity index (χ1) is 6.86. The molecule has 70 valence electrons. The summed E-state index contributed by atoms with van der Waals surface area (Å²) in [5.74, 6) is 5.46. The fraction of sp³-hybridized carbons (Fsp3) is 0.250. The molecule has 0 fully saturated rings. The highest BCUT2D eigenvalue weighted by Crippen LogP contribution is 2.05. The molecule has 0 saturated carbocycles. The van der Waals surface area contributed by atoms with Crippen molar-refractivity contribution in [1.82, 2.24) is 9.97 Å². The predicted molar refractivity (Wildman–Crippen MR) is 54.7 cm³/mol. The number of azide groups is 1. The summed E-state index contributed by atoms with van der Waals surface area (Å²) >= 11 is 1.47. The van der Waals surface area contributed by atoms with Crippen LogP contribution in [0.4, 0.5) is 0 Å². The highest BCUT2D eigenvalue weighted by molar-refractivity contribution is 7.98. The molecule has 0 saturated heterocycles. The Morgan fingerprint density at radius 3 is 2.86 bits per heavy atom. The minimum atomic E-state index is 0.167. The summed E-state index contributed by atoms with van der Waals surface area (Å²) in [5.41, 5.74) is 8.71. The zero-order valence-electron chi connectivity index (χ0n) is 7.51. The molecule has 0 spiro atoms. The van der Waals surface area contributed by atoms with E-state index in [0.717, 1.165) is 5.56 Å². The van der Waals surface area contributed by atoms with Gasteiger partial charge in [0, 0.05) is 17.3 Å². The molecule has 5 nitrogen and oxygen atoms in total. The molecule has 0 aliphatic rings. The highest BCUT2D eigenvalue weighted by Gasteiger charge is 1.91. The normalized spacial score (nSPS) is 8.36. The van der Waals surface area contributed by atoms with E-state index in [2.05, 4.69) is 31.8 Å². The van der Waals surface area contributed by atoms with E-state index in [-0.39, 0.29) is 6.54 Å². The minimum absolute atomic E-state index is 0.167. The smallest absolute Gasteiger partial charge is 0.187 e. The Morgan fingerprint density at radius 2 is 2.29 bits per heavy atom. The maximum atomic E-state index is 7.99. The lowest BCUT2D eigenvalue weighted by atomic mass is 10.3. The fourth-order valence-corrected chi connectivity index (χ4v) is 1.01. The molecule has 0 N–H and O–H groups in total. The second kappa shape index (κ2) is 5.86. The van der Waals surface area contributed by atoms with Gasteiger partial charge in [0.25, 0.3) is 0 Å². The van der Waals surface area contributed by atoms with Gasteiger partial charge in [0.2, 0.25) is 0 Å². The van der Waals surface area contributed by atoms with E-state index >= 15 is 0 Å². The highest BCUT2D eigenvalue weighted by atomic mass is 32.2. The summed E-state index contributed by atoms with van der Waals surface area (Å²) in [6.45, 7) is 0.167. The largest absolute Gasteiger partial charge is 0.230 e. The first-order valence-corrected chi connectivity index (χ1v) is 4.95. The number of rotatable bonds is 2. The fourth-order valence-electron chi connectivity index (χ4n) is 0.695. The number of nitrogens with zero attached hydrogens (tertiary/aromatic N) is 5. The van der Waals surface area contributed by atoms with Crippen LogP contribution in [0.15, 0.2) is 22.7 Å². The monoisotopic (exact) mass is 205 g/mol. The second-order valence-corrected chi connectivity index (χ2v) is 2.92. The van der Waals surface area contributed by atoms with Gasteiger partial charge in [0.15, 0.2) is 5.16 Å². The van der Waals surface area contributed by atoms with Crippen molar-refractivity contribution in [2.24, 2.45) is 5.11 Å². The first-order valence-electron chi connectivity index (χ1n) is 3.72. The van der Waals surface area contributed by atoms with Crippen molar-refractivity contribution < 1.29 is 0 Å². The number of hydrogen-bond donors (Lipinski definition) is 0. The molecule has 1 rings (SSSR count). The molecule has 0 aliphatic carbocycles. The van der Waals surface area contributed by atoms with E-state index in [1.54, 1.807) is 12.4 Å². The van der Waals surface area contributed by atoms with Gasteiger partial charge in [0.1, 0.15) is 0 Å². The van der Waals surface area contributed by atoms with Gasteiger partial charge < -0.3 is 0 Å². The molecule has 6 heteroatoms. The van der Waals surface area contributed by atoms with Crippen molar-refractivity contribution in [3.8, 4) is 11.8 Å². The van der Waals surface area contributed by atoms with Crippen molar-refractivity contribution in [1.29, 1.82) is 0 Å². The Balaban J connectivity index is 2.66. The SMILES string of the molecule is CSc1ncc(C#CCN=[N+]=[N-])cn1. The van der Waals surface area contributed by atoms with Crippen molar-refractivity contribution in [3.63, 3.8) is 0 Å². The van der Waals surface area contributed by atoms with Crippen LogP contribution >= 0.6 is 11.8 Å². The molecule has 14 heavy (non-hydrogen) atoms. The maximum Gasteiger partial charge on any atom is 0.187 e. The van der Waals surface area contributed by atoms with Crippen LogP contribution in [0.25, 0.3) is 10.4 Å². The third kappa shape index (κ3) is 3.35. The minimum Gasteiger partial charge on any atom is -0.230 e. The van der Waals surface area contributed by atoms with E-state index < -0.39 is 0 Å². The van der Waals surface area contributed by atoms with Crippen molar-refractivity contribution >= 4 is 11.8 Å². The van der Waals surface area contributed by atoms with E-state index in [9.17, 15) is 0 Å². The van der Waals surface area contributed by atoms with E-state index in [0.29, 0.717) is 5.16 Å². The van der Waals surface area contributed by atoms with E-state index in [1.807, 2.05) is 6.26 Å². The topological polar surface area (TPSA) is 74.5 Å². The molecule has 0 bridgehead atoms. The molecule has 1 aromatic rings. The van der Waals surface area contributed by atoms with Gasteiger partial charge in [-0.05, 0) is 11.8 Å². The Bertz CT molecular complexity index is 396. The first kappa shape index (κ1) is 10.4. The zero-order valence-corrected chi connectivity index (χ0v) is 8.32. The number of hydrogen-bond acceptors (Lipinski definition) is 4. The van der Waals surface area contributed by atoms with Crippen molar-refractivity contribution in [3.05, 3.63) is 28.4 Å². The third-order valence-corrected chi connectivity index (χ3v) is 1.83. The lowest BCUT2D eigenvalue weighted by Gasteiger charge is -1.92. The average Bonchev–Trinajstić information content (AvgIpc) is 2.25. The summed E-state index contributed by atoms with van der Waals surface area (Å²) in [6, 6.07) is 0. The predicted octanol–water partition coefficient (Wildman–Crippen LogP) is 1.86. The lowest BCUT2D eigenvalue weighted by Crippen LogP contribution is -1.86. The quantitative estimate of drug-likeness (QED) is 0.185. The Kier molecular flexibility index (Phi) is 4.35. The number of aromatic nitrogens is 2. The molecule has 0 amide bonds. The Morgan fingerprint density at radius 1 is 1.57 bits per heavy atom. The van der Waals surface area contributed by atoms with Gasteiger partial charge in [-0.1, -0.05) is 28.7 Å². The molecule has 0 aliphatic heterocycles. The molecular formula is C8H7N5S. The van der Waals surface area contributed by atoms with Crippen LogP contribution in [0.2, 0.25) is 0 Å². The summed E-state index contributed by atoms with van der Waals surface area (Å²) in [7, 11) is 0. The van der Waals surface area contributed by atoms with E-state index in [4.69, 9.17) is 5.53 Å². The average molecular weight is 205 g/mol. The summed E-state index contributed by atoms with van der Waals surface area (Å²) < 4.78 is 0. The van der Waals surface area contributed by atoms with Crippen LogP contribution in [0, 0.1) is 11.8 Å². The molecule has 1 aromatic heterocycles. The molecule has 0 aromatic carbocycles. The third-order valence-electron chi connectivity index (χ3n) is 1.26. The number of thioether (sulfide) groups is 1. The van der Waals surface area contributed by atoms with Gasteiger partial charge >= 0.3 is 0 Å². The summed E-state index contributed by atoms with van der Waals surface area (Å²) in [4.78, 5) is 10.7. The van der Waals surface area contributed by atoms with E-state index in [1.165, 1.54) is 11.8 Å². The summed E-state index contributed by atoms with van der Waals surface area (Å²) in [6.07, 6.45) is 5.19.